The highest BCUT2D eigenvalue weighted by Crippen LogP contribution is 2.58. The summed E-state index contributed by atoms with van der Waals surface area (Å²) in [6.45, 7) is 4.04. The second kappa shape index (κ2) is 25.2. The number of allylic oxidation sites excluding steroid dienone is 1. The first-order chi connectivity index (χ1) is 34.5. The Morgan fingerprint density at radius 1 is 0.423 bits per heavy atom. The number of hydrogen-bond acceptors (Lipinski definition) is 7. The van der Waals surface area contributed by atoms with Gasteiger partial charge in [-0.3, -0.25) is 9.50 Å². The van der Waals surface area contributed by atoms with Crippen LogP contribution in [0.2, 0.25) is 0 Å². The van der Waals surface area contributed by atoms with Gasteiger partial charge in [-0.15, -0.1) is 0 Å². The summed E-state index contributed by atoms with van der Waals surface area (Å²) in [5.74, 6) is 1.49. The fourth-order valence-electron chi connectivity index (χ4n) is 9.69. The van der Waals surface area contributed by atoms with Crippen molar-refractivity contribution in [3.63, 3.8) is 0 Å². The Morgan fingerprint density at radius 3 is 1.17 bits per heavy atom. The third-order valence-electron chi connectivity index (χ3n) is 13.5. The fourth-order valence-corrected chi connectivity index (χ4v) is 13.9. The van der Waals surface area contributed by atoms with Crippen molar-refractivity contribution in [3.05, 3.63) is 228 Å². The Kier molecular flexibility index (Phi) is 18.2. The molecule has 0 bridgehead atoms. The maximum atomic E-state index is 10.9. The third-order valence-corrected chi connectivity index (χ3v) is 17.9. The molecule has 2 spiro atoms. The standard InChI is InChI=1S/C32H28OP.C22H24O3.C8H12O3.FH/c1-5-13-27(14-6-1)25-33-29-23-21-28(22-24-29)26-34(30-15-7-2-8-16-30,31-17-9-3-10-18-31)32-19-11-4-12-20-32;1-2-4-20(5-3-1)17-23-21-8-6-18(7-9-21)16-19-10-12-22(13-11-19)24-14-15-25-22;9-7-1-3-8(4-2-7)10-5-6-11-8;/h1-24H,25-26H2;1-9,16H,10-15,17H2;1-6H2;1H/q+1;;;. The van der Waals surface area contributed by atoms with Crippen LogP contribution in [0.15, 0.2) is 206 Å². The average molecular weight is 972 g/mol. The molecule has 2 saturated carbocycles. The Labute approximate surface area is 419 Å². The number of rotatable bonds is 12. The summed E-state index contributed by atoms with van der Waals surface area (Å²) in [6.07, 6.45) is 10.1. The summed E-state index contributed by atoms with van der Waals surface area (Å²) < 4.78 is 34.4. The van der Waals surface area contributed by atoms with E-state index in [2.05, 4.69) is 158 Å². The molecule has 2 heterocycles. The Balaban J connectivity index is 0.000000159. The minimum atomic E-state index is -1.89. The highest BCUT2D eigenvalue weighted by Gasteiger charge is 2.45. The molecule has 0 N–H and O–H groups in total. The summed E-state index contributed by atoms with van der Waals surface area (Å²) in [5.41, 5.74) is 6.38. The second-order valence-corrected chi connectivity index (χ2v) is 21.8. The lowest BCUT2D eigenvalue weighted by Gasteiger charge is -2.32. The van der Waals surface area contributed by atoms with Gasteiger partial charge in [0.05, 0.1) is 32.6 Å². The number of ether oxygens (including phenoxy) is 6. The van der Waals surface area contributed by atoms with Crippen LogP contribution >= 0.6 is 7.26 Å². The molecule has 4 fully saturated rings. The van der Waals surface area contributed by atoms with Crippen LogP contribution in [0.3, 0.4) is 0 Å². The molecule has 0 unspecified atom stereocenters. The number of Topliss-reactive ketones (excluding diaryl/α,β-unsaturated/α-hetero) is 1. The van der Waals surface area contributed by atoms with Crippen molar-refractivity contribution in [2.45, 2.75) is 82.3 Å². The first-order valence-electron chi connectivity index (χ1n) is 24.8. The van der Waals surface area contributed by atoms with Crippen LogP contribution in [0, 0.1) is 0 Å². The smallest absolute Gasteiger partial charge is 0.169 e. The molecule has 9 heteroatoms. The molecule has 0 radical (unpaired) electrons. The number of ketones is 1. The monoisotopic (exact) mass is 971 g/mol. The quantitative estimate of drug-likeness (QED) is 0.113. The van der Waals surface area contributed by atoms with Gasteiger partial charge in [-0.25, -0.2) is 0 Å². The van der Waals surface area contributed by atoms with Crippen LogP contribution in [0.4, 0.5) is 4.70 Å². The molecule has 0 aromatic heterocycles. The lowest BCUT2D eigenvalue weighted by molar-refractivity contribution is -0.179. The van der Waals surface area contributed by atoms with E-state index < -0.39 is 7.26 Å². The van der Waals surface area contributed by atoms with Crippen molar-refractivity contribution in [2.75, 3.05) is 26.4 Å². The number of benzene rings is 7. The number of halogens is 1. The van der Waals surface area contributed by atoms with E-state index in [4.69, 9.17) is 28.4 Å². The Bertz CT molecular complexity index is 2570. The van der Waals surface area contributed by atoms with Gasteiger partial charge in [0.1, 0.15) is 53.7 Å². The van der Waals surface area contributed by atoms with E-state index in [0.717, 1.165) is 69.4 Å². The van der Waals surface area contributed by atoms with Gasteiger partial charge in [0.15, 0.2) is 11.6 Å². The molecule has 4 aliphatic rings. The van der Waals surface area contributed by atoms with Gasteiger partial charge >= 0.3 is 0 Å². The van der Waals surface area contributed by atoms with Crippen molar-refractivity contribution in [3.8, 4) is 11.5 Å². The highest BCUT2D eigenvalue weighted by atomic mass is 31.2. The molecular weight excluding hydrogens is 907 g/mol. The molecule has 7 aromatic rings. The molecular formula is C62H65FO7P+. The summed E-state index contributed by atoms with van der Waals surface area (Å²) >= 11 is 0. The molecule has 2 aliphatic heterocycles. The minimum Gasteiger partial charge on any atom is -0.489 e. The van der Waals surface area contributed by atoms with Gasteiger partial charge in [0.2, 0.25) is 0 Å². The van der Waals surface area contributed by atoms with Crippen LogP contribution in [0.1, 0.15) is 73.6 Å². The zero-order valence-corrected chi connectivity index (χ0v) is 41.3. The summed E-state index contributed by atoms with van der Waals surface area (Å²) in [6, 6.07) is 70.6. The van der Waals surface area contributed by atoms with Gasteiger partial charge in [0, 0.05) is 38.5 Å². The van der Waals surface area contributed by atoms with Gasteiger partial charge in [-0.1, -0.05) is 151 Å². The summed E-state index contributed by atoms with van der Waals surface area (Å²) in [5, 5.41) is 4.20. The molecule has 2 aliphatic carbocycles. The minimum absolute atomic E-state index is 0. The van der Waals surface area contributed by atoms with Crippen LogP contribution < -0.4 is 25.4 Å². The normalized spacial score (nSPS) is 16.7. The third kappa shape index (κ3) is 13.8. The zero-order valence-electron chi connectivity index (χ0n) is 40.4. The first-order valence-corrected chi connectivity index (χ1v) is 26.8. The van der Waals surface area contributed by atoms with E-state index in [-0.39, 0.29) is 16.3 Å². The van der Waals surface area contributed by atoms with E-state index in [9.17, 15) is 4.79 Å². The fraction of sp³-hybridized carbons (Fsp3) is 0.274. The predicted molar refractivity (Wildman–Crippen MR) is 285 cm³/mol. The summed E-state index contributed by atoms with van der Waals surface area (Å²) in [4.78, 5) is 10.9. The SMILES string of the molecule is C(=C1CCC2(CC1)OCCO2)c1ccc(OCc2ccccc2)cc1.F.O=C1CCC2(CC1)OCCO2.c1ccc(COc2ccc(C[P+](c3ccccc3)(c3ccccc3)c3ccccc3)cc2)cc1. The maximum absolute atomic E-state index is 10.9. The first kappa shape index (κ1) is 51.1. The Morgan fingerprint density at radius 2 is 0.775 bits per heavy atom. The highest BCUT2D eigenvalue weighted by molar-refractivity contribution is 7.95. The van der Waals surface area contributed by atoms with Gasteiger partial charge in [-0.2, -0.15) is 0 Å². The Hall–Kier alpha value is -6.25. The van der Waals surface area contributed by atoms with Crippen molar-refractivity contribution < 1.29 is 37.9 Å². The predicted octanol–water partition coefficient (Wildman–Crippen LogP) is 12.8. The van der Waals surface area contributed by atoms with Gasteiger partial charge in [0.25, 0.3) is 0 Å². The van der Waals surface area contributed by atoms with Gasteiger partial charge in [-0.05, 0) is 95.8 Å². The largest absolute Gasteiger partial charge is 0.489 e. The van der Waals surface area contributed by atoms with Crippen LogP contribution in [0.5, 0.6) is 11.5 Å². The van der Waals surface area contributed by atoms with E-state index in [0.29, 0.717) is 45.1 Å². The van der Waals surface area contributed by atoms with Crippen LogP contribution in [-0.2, 0) is 43.1 Å². The number of carbonyl (C=O) groups excluding carboxylic acids is 1. The lowest BCUT2D eigenvalue weighted by atomic mass is 9.88. The van der Waals surface area contributed by atoms with E-state index in [1.54, 1.807) is 0 Å². The van der Waals surface area contributed by atoms with E-state index in [1.165, 1.54) is 43.7 Å². The molecule has 71 heavy (non-hydrogen) atoms. The summed E-state index contributed by atoms with van der Waals surface area (Å²) in [7, 11) is -1.89. The average Bonchev–Trinajstić information content (AvgIpc) is 4.11. The van der Waals surface area contributed by atoms with Crippen LogP contribution in [0.25, 0.3) is 6.08 Å². The molecule has 366 valence electrons. The molecule has 7 aromatic carbocycles. The van der Waals surface area contributed by atoms with Crippen molar-refractivity contribution in [1.82, 2.24) is 0 Å². The lowest BCUT2D eigenvalue weighted by Crippen LogP contribution is -2.35. The topological polar surface area (TPSA) is 72.5 Å². The van der Waals surface area contributed by atoms with Crippen molar-refractivity contribution in [2.24, 2.45) is 0 Å². The number of carbonyl (C=O) groups is 1. The van der Waals surface area contributed by atoms with Gasteiger partial charge < -0.3 is 28.4 Å². The van der Waals surface area contributed by atoms with Crippen molar-refractivity contribution in [1.29, 1.82) is 0 Å². The van der Waals surface area contributed by atoms with E-state index in [1.807, 2.05) is 48.5 Å². The molecule has 0 atom stereocenters. The molecule has 2 saturated heterocycles. The number of hydrogen-bond donors (Lipinski definition) is 0. The van der Waals surface area contributed by atoms with Crippen molar-refractivity contribution >= 4 is 35.0 Å². The maximum Gasteiger partial charge on any atom is 0.169 e. The molecule has 11 rings (SSSR count). The van der Waals surface area contributed by atoms with E-state index >= 15 is 0 Å². The van der Waals surface area contributed by atoms with Crippen LogP contribution in [-0.4, -0.2) is 43.8 Å². The zero-order chi connectivity index (χ0) is 47.7. The molecule has 0 amide bonds. The molecule has 7 nitrogen and oxygen atoms in total. The second-order valence-electron chi connectivity index (χ2n) is 18.3.